The van der Waals surface area contributed by atoms with E-state index >= 15 is 0 Å². The molecule has 0 heterocycles. The van der Waals surface area contributed by atoms with E-state index in [4.69, 9.17) is 12.3 Å². The maximum atomic E-state index is 10.7. The molecule has 0 aliphatic heterocycles. The Morgan fingerprint density at radius 3 is 2.87 bits per heavy atom. The van der Waals surface area contributed by atoms with E-state index in [0.29, 0.717) is 5.56 Å². The molecule has 0 bridgehead atoms. The molecule has 2 nitrogen and oxygen atoms in total. The van der Waals surface area contributed by atoms with Crippen LogP contribution < -0.4 is 0 Å². The second kappa shape index (κ2) is 7.72. The highest BCUT2D eigenvalue weighted by Gasteiger charge is 2.29. The van der Waals surface area contributed by atoms with E-state index in [1.807, 2.05) is 19.9 Å². The summed E-state index contributed by atoms with van der Waals surface area (Å²) in [6.07, 6.45) is -7.11. The van der Waals surface area contributed by atoms with Gasteiger partial charge in [0.25, 0.3) is 0 Å². The quantitative estimate of drug-likeness (QED) is 0.645. The topological polar surface area (TPSA) is 40.5 Å². The minimum Gasteiger partial charge on any atom is -0.508 e. The van der Waals surface area contributed by atoms with Crippen molar-refractivity contribution in [3.8, 4) is 11.5 Å². The van der Waals surface area contributed by atoms with Crippen molar-refractivity contribution in [1.29, 1.82) is 0 Å². The summed E-state index contributed by atoms with van der Waals surface area (Å²) >= 11 is 0. The number of aryl methyl sites for hydroxylation is 1. The number of hydrogen-bond donors (Lipinski definition) is 2. The number of hydrogen-bond acceptors (Lipinski definition) is 2. The predicted octanol–water partition coefficient (Wildman–Crippen LogP) is 5.85. The van der Waals surface area contributed by atoms with E-state index in [-0.39, 0.29) is 23.0 Å². The molecule has 1 aromatic rings. The maximum absolute atomic E-state index is 10.7. The van der Waals surface area contributed by atoms with Gasteiger partial charge in [-0.15, -0.1) is 0 Å². The molecule has 0 unspecified atom stereocenters. The van der Waals surface area contributed by atoms with Crippen molar-refractivity contribution >= 4 is 0 Å². The normalized spacial score (nSPS) is 29.3. The fourth-order valence-electron chi connectivity index (χ4n) is 3.30. The van der Waals surface area contributed by atoms with Gasteiger partial charge in [-0.1, -0.05) is 43.4 Å². The standard InChI is InChI=1S/C21H30O2/c1-5-6-7-8-16-12-17(22)13-20(23)21(16)19-11-15(4)9-10-18(19)14(2)3/h11-13,18-19,22-23H,2,5-10H2,1,3-4H3/t18-,19+/m0/s1/i1D3,5D2,6D2,7D2. The van der Waals surface area contributed by atoms with Crippen LogP contribution in [0.15, 0.2) is 35.9 Å². The Morgan fingerprint density at radius 1 is 1.39 bits per heavy atom. The van der Waals surface area contributed by atoms with E-state index < -0.39 is 38.3 Å². The van der Waals surface area contributed by atoms with Crippen LogP contribution in [-0.4, -0.2) is 10.2 Å². The molecule has 0 fully saturated rings. The molecule has 0 amide bonds. The fraction of sp³-hybridized carbons (Fsp3) is 0.524. The molecule has 0 saturated carbocycles. The number of aromatic hydroxyl groups is 2. The molecule has 2 rings (SSSR count). The molecular formula is C21H30O2. The van der Waals surface area contributed by atoms with Gasteiger partial charge in [-0.05, 0) is 57.0 Å². The number of benzene rings is 1. The van der Waals surface area contributed by atoms with Gasteiger partial charge in [0, 0.05) is 29.9 Å². The zero-order valence-electron chi connectivity index (χ0n) is 22.6. The minimum atomic E-state index is -3.48. The third kappa shape index (κ3) is 4.19. The Labute approximate surface area is 153 Å². The van der Waals surface area contributed by atoms with Crippen molar-refractivity contribution < 1.29 is 22.5 Å². The predicted molar refractivity (Wildman–Crippen MR) is 97.0 cm³/mol. The molecule has 2 atom stereocenters. The lowest BCUT2D eigenvalue weighted by molar-refractivity contribution is 0.423. The SMILES string of the molecule is [2H]C([2H])([2H])C([2H])([2H])C([2H])([2H])C([2H])([2H])Cc1cc(O)cc(O)c1[C@@H]1C=C(C)CC[C@H]1C(=C)C. The Balaban J connectivity index is 2.65. The lowest BCUT2D eigenvalue weighted by Gasteiger charge is -2.32. The molecule has 2 N–H and O–H groups in total. The van der Waals surface area contributed by atoms with Crippen LogP contribution in [0.4, 0.5) is 0 Å². The fourth-order valence-corrected chi connectivity index (χ4v) is 3.30. The van der Waals surface area contributed by atoms with Crippen molar-refractivity contribution in [2.24, 2.45) is 5.92 Å². The van der Waals surface area contributed by atoms with E-state index in [0.717, 1.165) is 30.1 Å². The zero-order chi connectivity index (χ0) is 24.9. The largest absolute Gasteiger partial charge is 0.508 e. The van der Waals surface area contributed by atoms with Crippen LogP contribution >= 0.6 is 0 Å². The first-order valence-electron chi connectivity index (χ1n) is 12.2. The van der Waals surface area contributed by atoms with Crippen LogP contribution in [0, 0.1) is 5.92 Å². The van der Waals surface area contributed by atoms with Crippen LogP contribution in [0.2, 0.25) is 0 Å². The highest BCUT2D eigenvalue weighted by atomic mass is 16.3. The first kappa shape index (κ1) is 8.96. The van der Waals surface area contributed by atoms with Gasteiger partial charge in [0.15, 0.2) is 0 Å². The highest BCUT2D eigenvalue weighted by molar-refractivity contribution is 5.50. The van der Waals surface area contributed by atoms with Gasteiger partial charge in [-0.25, -0.2) is 0 Å². The van der Waals surface area contributed by atoms with Crippen LogP contribution in [0.5, 0.6) is 11.5 Å². The molecule has 0 spiro atoms. The smallest absolute Gasteiger partial charge is 0.123 e. The highest BCUT2D eigenvalue weighted by Crippen LogP contribution is 2.45. The summed E-state index contributed by atoms with van der Waals surface area (Å²) in [7, 11) is 0. The zero-order valence-corrected chi connectivity index (χ0v) is 13.6. The minimum absolute atomic E-state index is 0.0793. The third-order valence-corrected chi connectivity index (χ3v) is 4.37. The Hall–Kier alpha value is -1.70. The molecule has 1 aliphatic rings. The van der Waals surface area contributed by atoms with E-state index in [2.05, 4.69) is 6.58 Å². The van der Waals surface area contributed by atoms with Gasteiger partial charge in [-0.2, -0.15) is 0 Å². The van der Waals surface area contributed by atoms with E-state index in [1.54, 1.807) is 0 Å². The Kier molecular flexibility index (Phi) is 3.01. The average Bonchev–Trinajstić information content (AvgIpc) is 2.59. The maximum Gasteiger partial charge on any atom is 0.123 e. The van der Waals surface area contributed by atoms with Gasteiger partial charge < -0.3 is 10.2 Å². The first-order valence-corrected chi connectivity index (χ1v) is 7.71. The molecule has 23 heavy (non-hydrogen) atoms. The Bertz CT molecular complexity index is 917. The molecule has 126 valence electrons. The van der Waals surface area contributed by atoms with Crippen molar-refractivity contribution in [3.05, 3.63) is 47.1 Å². The number of allylic oxidation sites excluding steroid dienone is 3. The molecule has 0 radical (unpaired) electrons. The van der Waals surface area contributed by atoms with Crippen molar-refractivity contribution in [2.75, 3.05) is 0 Å². The molecule has 1 aromatic carbocycles. The summed E-state index contributed by atoms with van der Waals surface area (Å²) in [5, 5.41) is 20.8. The van der Waals surface area contributed by atoms with Crippen molar-refractivity contribution in [2.45, 2.75) is 65.0 Å². The summed E-state index contributed by atoms with van der Waals surface area (Å²) in [5.41, 5.74) is 2.29. The number of phenols is 2. The number of rotatable bonds is 6. The second-order valence-electron chi connectivity index (χ2n) is 6.17. The molecule has 2 heteroatoms. The number of phenolic OH excluding ortho intramolecular Hbond substituents is 2. The molecule has 0 aromatic heterocycles. The van der Waals surface area contributed by atoms with E-state index in [9.17, 15) is 10.2 Å². The average molecular weight is 324 g/mol. The lowest BCUT2D eigenvalue weighted by atomic mass is 9.72. The summed E-state index contributed by atoms with van der Waals surface area (Å²) in [5.74, 6) is -1.14. The Morgan fingerprint density at radius 2 is 2.17 bits per heavy atom. The summed E-state index contributed by atoms with van der Waals surface area (Å²) in [6.45, 7) is 4.41. The van der Waals surface area contributed by atoms with Crippen LogP contribution in [0.3, 0.4) is 0 Å². The molecular weight excluding hydrogens is 284 g/mol. The van der Waals surface area contributed by atoms with E-state index in [1.165, 1.54) is 6.07 Å². The van der Waals surface area contributed by atoms with Gasteiger partial charge in [-0.3, -0.25) is 0 Å². The van der Waals surface area contributed by atoms with Crippen LogP contribution in [-0.2, 0) is 6.42 Å². The summed E-state index contributed by atoms with van der Waals surface area (Å²) < 4.78 is 70.6. The van der Waals surface area contributed by atoms with Gasteiger partial charge in [0.05, 0.1) is 0 Å². The molecule has 0 saturated heterocycles. The van der Waals surface area contributed by atoms with Gasteiger partial charge in [0.1, 0.15) is 11.5 Å². The van der Waals surface area contributed by atoms with Crippen LogP contribution in [0.1, 0.15) is 82.0 Å². The third-order valence-electron chi connectivity index (χ3n) is 4.37. The van der Waals surface area contributed by atoms with Gasteiger partial charge in [0.2, 0.25) is 0 Å². The second-order valence-corrected chi connectivity index (χ2v) is 6.17. The first-order chi connectivity index (χ1) is 14.3. The van der Waals surface area contributed by atoms with Crippen molar-refractivity contribution in [3.63, 3.8) is 0 Å². The molecule has 1 aliphatic carbocycles. The van der Waals surface area contributed by atoms with Crippen molar-refractivity contribution in [1.82, 2.24) is 0 Å². The lowest BCUT2D eigenvalue weighted by Crippen LogP contribution is -2.18. The van der Waals surface area contributed by atoms with Gasteiger partial charge >= 0.3 is 0 Å². The summed E-state index contributed by atoms with van der Waals surface area (Å²) in [6, 6.07) is 2.33. The monoisotopic (exact) mass is 323 g/mol. The summed E-state index contributed by atoms with van der Waals surface area (Å²) in [4.78, 5) is 0. The van der Waals surface area contributed by atoms with Crippen LogP contribution in [0.25, 0.3) is 0 Å².